The van der Waals surface area contributed by atoms with Crippen LogP contribution in [0.3, 0.4) is 0 Å². The number of likely N-dealkylation sites (tertiary alicyclic amines) is 1. The lowest BCUT2D eigenvalue weighted by Gasteiger charge is -2.33. The van der Waals surface area contributed by atoms with E-state index < -0.39 is 10.0 Å². The molecule has 1 aromatic rings. The Morgan fingerprint density at radius 1 is 1.24 bits per heavy atom. The van der Waals surface area contributed by atoms with Crippen LogP contribution in [0.25, 0.3) is 0 Å². The van der Waals surface area contributed by atoms with E-state index in [2.05, 4.69) is 24.1 Å². The number of nitrogens with zero attached hydrogens (tertiary/aromatic N) is 3. The summed E-state index contributed by atoms with van der Waals surface area (Å²) in [5.74, 6) is 1.73. The first-order chi connectivity index (χ1) is 11.8. The van der Waals surface area contributed by atoms with Crippen LogP contribution in [0.5, 0.6) is 0 Å². The molecule has 6 nitrogen and oxygen atoms in total. The zero-order valence-corrected chi connectivity index (χ0v) is 16.5. The predicted octanol–water partition coefficient (Wildman–Crippen LogP) is 2.13. The first kappa shape index (κ1) is 19.7. The molecule has 1 N–H and O–H groups in total. The number of aliphatic imine (C=N–C) groups is 1. The third-order valence-corrected chi connectivity index (χ3v) is 6.36. The highest BCUT2D eigenvalue weighted by Crippen LogP contribution is 2.17. The van der Waals surface area contributed by atoms with Gasteiger partial charge in [0.15, 0.2) is 5.96 Å². The Balaban J connectivity index is 2.07. The largest absolute Gasteiger partial charge is 0.357 e. The highest BCUT2D eigenvalue weighted by molar-refractivity contribution is 7.89. The van der Waals surface area contributed by atoms with E-state index in [1.807, 2.05) is 12.1 Å². The normalized spacial score (nSPS) is 17.2. The van der Waals surface area contributed by atoms with Gasteiger partial charge in [0.1, 0.15) is 0 Å². The van der Waals surface area contributed by atoms with Crippen LogP contribution >= 0.6 is 0 Å². The fraction of sp³-hybridized carbons (Fsp3) is 0.611. The molecule has 0 atom stereocenters. The number of piperidine rings is 1. The average molecular weight is 367 g/mol. The Morgan fingerprint density at radius 3 is 2.36 bits per heavy atom. The van der Waals surface area contributed by atoms with Gasteiger partial charge in [0.25, 0.3) is 0 Å². The summed E-state index contributed by atoms with van der Waals surface area (Å²) in [7, 11) is -0.304. The summed E-state index contributed by atoms with van der Waals surface area (Å²) >= 11 is 0. The molecule has 0 unspecified atom stereocenters. The van der Waals surface area contributed by atoms with Gasteiger partial charge in [-0.2, -0.15) is 0 Å². The first-order valence-electron chi connectivity index (χ1n) is 8.89. The molecule has 1 heterocycles. The second-order valence-corrected chi connectivity index (χ2v) is 8.92. The minimum absolute atomic E-state index is 0.308. The summed E-state index contributed by atoms with van der Waals surface area (Å²) in [5.41, 5.74) is 0.999. The van der Waals surface area contributed by atoms with Crippen molar-refractivity contribution in [2.24, 2.45) is 10.9 Å². The van der Waals surface area contributed by atoms with Crippen LogP contribution in [0, 0.1) is 5.92 Å². The summed E-state index contributed by atoms with van der Waals surface area (Å²) in [6, 6.07) is 6.97. The maximum atomic E-state index is 12.1. The van der Waals surface area contributed by atoms with Crippen molar-refractivity contribution in [2.75, 3.05) is 33.7 Å². The Bertz CT molecular complexity index is 676. The van der Waals surface area contributed by atoms with Crippen LogP contribution in [0.15, 0.2) is 34.2 Å². The maximum absolute atomic E-state index is 12.1. The SMILES string of the molecule is CCNC(=NCc1ccc(S(=O)(=O)N(C)C)cc1)N1CCC(C)CC1. The highest BCUT2D eigenvalue weighted by atomic mass is 32.2. The van der Waals surface area contributed by atoms with Gasteiger partial charge in [0.2, 0.25) is 10.0 Å². The van der Waals surface area contributed by atoms with E-state index in [1.165, 1.54) is 31.2 Å². The Kier molecular flexibility index (Phi) is 6.84. The number of hydrogen-bond acceptors (Lipinski definition) is 3. The van der Waals surface area contributed by atoms with Crippen molar-refractivity contribution in [3.63, 3.8) is 0 Å². The molecule has 0 saturated carbocycles. The molecule has 2 rings (SSSR count). The van der Waals surface area contributed by atoms with Crippen LogP contribution in [0.2, 0.25) is 0 Å². The minimum Gasteiger partial charge on any atom is -0.357 e. The van der Waals surface area contributed by atoms with Crippen molar-refractivity contribution in [3.05, 3.63) is 29.8 Å². The van der Waals surface area contributed by atoms with Gasteiger partial charge < -0.3 is 10.2 Å². The van der Waals surface area contributed by atoms with E-state index in [4.69, 9.17) is 4.99 Å². The highest BCUT2D eigenvalue weighted by Gasteiger charge is 2.19. The molecule has 0 aromatic heterocycles. The van der Waals surface area contributed by atoms with Gasteiger partial charge in [-0.15, -0.1) is 0 Å². The van der Waals surface area contributed by atoms with Crippen LogP contribution < -0.4 is 5.32 Å². The van der Waals surface area contributed by atoms with E-state index in [9.17, 15) is 8.42 Å². The maximum Gasteiger partial charge on any atom is 0.242 e. The third kappa shape index (κ3) is 5.19. The molecular weight excluding hydrogens is 336 g/mol. The fourth-order valence-corrected chi connectivity index (χ4v) is 3.69. The van der Waals surface area contributed by atoms with Gasteiger partial charge in [-0.05, 0) is 43.4 Å². The number of benzene rings is 1. The number of nitrogens with one attached hydrogen (secondary N) is 1. The number of guanidine groups is 1. The zero-order chi connectivity index (χ0) is 18.4. The van der Waals surface area contributed by atoms with Gasteiger partial charge in [-0.3, -0.25) is 0 Å². The van der Waals surface area contributed by atoms with Crippen molar-refractivity contribution in [2.45, 2.75) is 38.1 Å². The van der Waals surface area contributed by atoms with E-state index in [0.29, 0.717) is 11.4 Å². The number of sulfonamides is 1. The second kappa shape index (κ2) is 8.67. The fourth-order valence-electron chi connectivity index (χ4n) is 2.79. The van der Waals surface area contributed by atoms with E-state index in [-0.39, 0.29) is 0 Å². The lowest BCUT2D eigenvalue weighted by molar-refractivity contribution is 0.273. The van der Waals surface area contributed by atoms with Gasteiger partial charge in [0, 0.05) is 33.7 Å². The molecule has 7 heteroatoms. The second-order valence-electron chi connectivity index (χ2n) is 6.77. The van der Waals surface area contributed by atoms with Gasteiger partial charge in [-0.25, -0.2) is 17.7 Å². The predicted molar refractivity (Wildman–Crippen MR) is 102 cm³/mol. The summed E-state index contributed by atoms with van der Waals surface area (Å²) in [5, 5.41) is 3.36. The molecule has 1 saturated heterocycles. The zero-order valence-electron chi connectivity index (χ0n) is 15.7. The first-order valence-corrected chi connectivity index (χ1v) is 10.3. The molecule has 0 bridgehead atoms. The quantitative estimate of drug-likeness (QED) is 0.640. The molecule has 1 aromatic carbocycles. The van der Waals surface area contributed by atoms with E-state index in [1.54, 1.807) is 12.1 Å². The Hall–Kier alpha value is -1.60. The molecule has 0 spiro atoms. The molecule has 1 fully saturated rings. The van der Waals surface area contributed by atoms with Crippen molar-refractivity contribution >= 4 is 16.0 Å². The summed E-state index contributed by atoms with van der Waals surface area (Å²) in [4.78, 5) is 7.35. The topological polar surface area (TPSA) is 65.0 Å². The molecule has 1 aliphatic rings. The van der Waals surface area contributed by atoms with E-state index in [0.717, 1.165) is 37.1 Å². The van der Waals surface area contributed by atoms with Crippen molar-refractivity contribution in [1.82, 2.24) is 14.5 Å². The Labute approximate surface area is 152 Å². The van der Waals surface area contributed by atoms with Gasteiger partial charge >= 0.3 is 0 Å². The number of hydrogen-bond donors (Lipinski definition) is 1. The molecule has 25 heavy (non-hydrogen) atoms. The van der Waals surface area contributed by atoms with Gasteiger partial charge in [-0.1, -0.05) is 19.1 Å². The molecule has 140 valence electrons. The van der Waals surface area contributed by atoms with Crippen LogP contribution in [0.1, 0.15) is 32.3 Å². The van der Waals surface area contributed by atoms with Crippen LogP contribution in [-0.2, 0) is 16.6 Å². The van der Waals surface area contributed by atoms with Crippen molar-refractivity contribution in [3.8, 4) is 0 Å². The van der Waals surface area contributed by atoms with Crippen LogP contribution in [-0.4, -0.2) is 57.3 Å². The minimum atomic E-state index is -3.38. The summed E-state index contributed by atoms with van der Waals surface area (Å²) < 4.78 is 25.4. The monoisotopic (exact) mass is 366 g/mol. The summed E-state index contributed by atoms with van der Waals surface area (Å²) in [6.45, 7) is 7.81. The third-order valence-electron chi connectivity index (χ3n) is 4.53. The van der Waals surface area contributed by atoms with Crippen molar-refractivity contribution < 1.29 is 8.42 Å². The molecule has 0 amide bonds. The standard InChI is InChI=1S/C18H30N4O2S/c1-5-19-18(22-12-10-15(2)11-13-22)20-14-16-6-8-17(9-7-16)25(23,24)21(3)4/h6-9,15H,5,10-14H2,1-4H3,(H,19,20). The lowest BCUT2D eigenvalue weighted by atomic mass is 10.00. The van der Waals surface area contributed by atoms with E-state index >= 15 is 0 Å². The Morgan fingerprint density at radius 2 is 1.84 bits per heavy atom. The van der Waals surface area contributed by atoms with Crippen molar-refractivity contribution in [1.29, 1.82) is 0 Å². The molecule has 1 aliphatic heterocycles. The molecular formula is C18H30N4O2S. The number of rotatable bonds is 5. The lowest BCUT2D eigenvalue weighted by Crippen LogP contribution is -2.45. The van der Waals surface area contributed by atoms with Gasteiger partial charge in [0.05, 0.1) is 11.4 Å². The summed E-state index contributed by atoms with van der Waals surface area (Å²) in [6.07, 6.45) is 2.39. The molecule has 0 radical (unpaired) electrons. The van der Waals surface area contributed by atoms with Crippen LogP contribution in [0.4, 0.5) is 0 Å². The smallest absolute Gasteiger partial charge is 0.242 e. The average Bonchev–Trinajstić information content (AvgIpc) is 2.59. The molecule has 0 aliphatic carbocycles.